The SMILES string of the molecule is CC(C)CC(CO)N1C(=O)c2ccc3c4c(ccc(c24)C1=O)C(=O)N(C(CN=O)CC(C)C)C3=O. The van der Waals surface area contributed by atoms with Crippen molar-refractivity contribution in [3.05, 3.63) is 51.4 Å². The summed E-state index contributed by atoms with van der Waals surface area (Å²) in [6, 6.07) is 4.61. The zero-order valence-corrected chi connectivity index (χ0v) is 20.3. The van der Waals surface area contributed by atoms with Gasteiger partial charge in [0, 0.05) is 33.0 Å². The molecular formula is C26H29N3O6. The van der Waals surface area contributed by atoms with Crippen LogP contribution in [0, 0.1) is 16.7 Å². The maximum atomic E-state index is 13.5. The van der Waals surface area contributed by atoms with Crippen molar-refractivity contribution in [3.8, 4) is 0 Å². The van der Waals surface area contributed by atoms with E-state index in [0.29, 0.717) is 12.8 Å². The van der Waals surface area contributed by atoms with E-state index in [0.717, 1.165) is 9.80 Å². The molecule has 0 saturated carbocycles. The molecule has 2 heterocycles. The van der Waals surface area contributed by atoms with Crippen LogP contribution in [0.1, 0.15) is 82.0 Å². The molecule has 4 amide bonds. The lowest BCUT2D eigenvalue weighted by Gasteiger charge is -2.37. The Morgan fingerprint density at radius 2 is 1.03 bits per heavy atom. The minimum Gasteiger partial charge on any atom is -0.394 e. The molecule has 0 bridgehead atoms. The lowest BCUT2D eigenvalue weighted by Crippen LogP contribution is -2.51. The zero-order valence-electron chi connectivity index (χ0n) is 20.3. The summed E-state index contributed by atoms with van der Waals surface area (Å²) in [7, 11) is 0. The monoisotopic (exact) mass is 479 g/mol. The Bertz CT molecular complexity index is 1180. The largest absolute Gasteiger partial charge is 0.394 e. The van der Waals surface area contributed by atoms with Gasteiger partial charge < -0.3 is 5.11 Å². The topological polar surface area (TPSA) is 124 Å². The number of hydrogen-bond acceptors (Lipinski definition) is 7. The fourth-order valence-corrected chi connectivity index (χ4v) is 5.27. The molecule has 0 fully saturated rings. The molecule has 0 radical (unpaired) electrons. The summed E-state index contributed by atoms with van der Waals surface area (Å²) < 4.78 is 0. The van der Waals surface area contributed by atoms with Crippen LogP contribution in [0.15, 0.2) is 29.4 Å². The fraction of sp³-hybridized carbons (Fsp3) is 0.462. The van der Waals surface area contributed by atoms with Gasteiger partial charge in [0.05, 0.1) is 18.7 Å². The summed E-state index contributed by atoms with van der Waals surface area (Å²) in [5, 5.41) is 13.4. The van der Waals surface area contributed by atoms with E-state index >= 15 is 0 Å². The molecule has 0 aromatic heterocycles. The van der Waals surface area contributed by atoms with Gasteiger partial charge in [-0.05, 0) is 48.9 Å². The van der Waals surface area contributed by atoms with Crippen LogP contribution in [-0.4, -0.2) is 63.8 Å². The first-order valence-corrected chi connectivity index (χ1v) is 11.9. The van der Waals surface area contributed by atoms with E-state index in [-0.39, 0.29) is 58.0 Å². The van der Waals surface area contributed by atoms with Gasteiger partial charge in [-0.1, -0.05) is 32.9 Å². The lowest BCUT2D eigenvalue weighted by atomic mass is 9.84. The quantitative estimate of drug-likeness (QED) is 0.433. The third-order valence-corrected chi connectivity index (χ3v) is 6.67. The summed E-state index contributed by atoms with van der Waals surface area (Å²) >= 11 is 0. The predicted octanol–water partition coefficient (Wildman–Crippen LogP) is 3.62. The first-order valence-electron chi connectivity index (χ1n) is 11.9. The van der Waals surface area contributed by atoms with Gasteiger partial charge in [0.1, 0.15) is 6.54 Å². The average molecular weight is 480 g/mol. The average Bonchev–Trinajstić information content (AvgIpc) is 2.80. The second-order valence-electron chi connectivity index (χ2n) is 10.1. The number of nitroso groups, excluding NO2 is 1. The maximum Gasteiger partial charge on any atom is 0.261 e. The molecule has 0 spiro atoms. The van der Waals surface area contributed by atoms with Crippen LogP contribution in [-0.2, 0) is 0 Å². The van der Waals surface area contributed by atoms with E-state index in [1.807, 2.05) is 27.7 Å². The number of carbonyl (C=O) groups is 4. The van der Waals surface area contributed by atoms with Crippen molar-refractivity contribution in [2.24, 2.45) is 17.0 Å². The summed E-state index contributed by atoms with van der Waals surface area (Å²) in [5.74, 6) is -2.00. The van der Waals surface area contributed by atoms with Gasteiger partial charge >= 0.3 is 0 Å². The number of amides is 4. The molecule has 2 aliphatic heterocycles. The number of rotatable bonds is 9. The van der Waals surface area contributed by atoms with Crippen LogP contribution in [0.25, 0.3) is 10.8 Å². The Morgan fingerprint density at radius 3 is 1.34 bits per heavy atom. The molecule has 2 aromatic rings. The summed E-state index contributed by atoms with van der Waals surface area (Å²) in [6.45, 7) is 7.16. The molecule has 4 rings (SSSR count). The van der Waals surface area contributed by atoms with E-state index in [9.17, 15) is 29.2 Å². The van der Waals surface area contributed by atoms with Crippen LogP contribution in [0.5, 0.6) is 0 Å². The zero-order chi connectivity index (χ0) is 25.6. The van der Waals surface area contributed by atoms with E-state index in [4.69, 9.17) is 0 Å². The number of imide groups is 2. The van der Waals surface area contributed by atoms with Crippen molar-refractivity contribution in [2.75, 3.05) is 13.2 Å². The Hall–Kier alpha value is -3.46. The van der Waals surface area contributed by atoms with Gasteiger partial charge in [0.15, 0.2) is 0 Å². The van der Waals surface area contributed by atoms with Crippen molar-refractivity contribution in [1.82, 2.24) is 9.80 Å². The second-order valence-corrected chi connectivity index (χ2v) is 10.1. The number of hydrogen-bond donors (Lipinski definition) is 1. The standard InChI is InChI=1S/C26H29N3O6/c1-13(2)9-15(11-27-35)28-23(31)17-5-7-19-22-20(8-6-18(21(17)22)24(28)32)26(34)29(25(19)33)16(12-30)10-14(3)4/h5-8,13-16,30H,9-12H2,1-4H3. The molecule has 2 aliphatic rings. The Morgan fingerprint density at radius 1 is 0.686 bits per heavy atom. The molecular weight excluding hydrogens is 450 g/mol. The smallest absolute Gasteiger partial charge is 0.261 e. The molecule has 2 atom stereocenters. The molecule has 2 aromatic carbocycles. The summed E-state index contributed by atoms with van der Waals surface area (Å²) in [6.07, 6.45) is 0.860. The van der Waals surface area contributed by atoms with Crippen molar-refractivity contribution >= 4 is 34.4 Å². The molecule has 2 unspecified atom stereocenters. The normalized spacial score (nSPS) is 17.1. The van der Waals surface area contributed by atoms with E-state index in [1.54, 1.807) is 0 Å². The van der Waals surface area contributed by atoms with Crippen molar-refractivity contribution in [1.29, 1.82) is 0 Å². The highest BCUT2D eigenvalue weighted by Crippen LogP contribution is 2.39. The van der Waals surface area contributed by atoms with Crippen LogP contribution >= 0.6 is 0 Å². The number of aliphatic hydroxyl groups excluding tert-OH is 1. The molecule has 0 saturated heterocycles. The van der Waals surface area contributed by atoms with Gasteiger partial charge in [-0.2, -0.15) is 4.91 Å². The molecule has 9 heteroatoms. The van der Waals surface area contributed by atoms with Gasteiger partial charge in [0.25, 0.3) is 23.6 Å². The Balaban J connectivity index is 1.87. The number of aliphatic hydroxyl groups is 1. The highest BCUT2D eigenvalue weighted by Gasteiger charge is 2.43. The van der Waals surface area contributed by atoms with Gasteiger partial charge in [0.2, 0.25) is 0 Å². The van der Waals surface area contributed by atoms with Crippen molar-refractivity contribution in [2.45, 2.75) is 52.6 Å². The van der Waals surface area contributed by atoms with Crippen LogP contribution in [0.4, 0.5) is 0 Å². The van der Waals surface area contributed by atoms with Crippen LogP contribution in [0.2, 0.25) is 0 Å². The third kappa shape index (κ3) is 3.93. The maximum absolute atomic E-state index is 13.5. The molecule has 35 heavy (non-hydrogen) atoms. The van der Waals surface area contributed by atoms with Crippen LogP contribution < -0.4 is 0 Å². The third-order valence-electron chi connectivity index (χ3n) is 6.67. The highest BCUT2D eigenvalue weighted by molar-refractivity contribution is 6.33. The number of nitrogens with zero attached hydrogens (tertiary/aromatic N) is 3. The molecule has 9 nitrogen and oxygen atoms in total. The fourth-order valence-electron chi connectivity index (χ4n) is 5.27. The highest BCUT2D eigenvalue weighted by atomic mass is 16.3. The summed E-state index contributed by atoms with van der Waals surface area (Å²) in [4.78, 5) is 67.1. The van der Waals surface area contributed by atoms with Crippen LogP contribution in [0.3, 0.4) is 0 Å². The molecule has 0 aliphatic carbocycles. The predicted molar refractivity (Wildman–Crippen MR) is 129 cm³/mol. The van der Waals surface area contributed by atoms with E-state index in [2.05, 4.69) is 5.18 Å². The van der Waals surface area contributed by atoms with Crippen molar-refractivity contribution in [3.63, 3.8) is 0 Å². The van der Waals surface area contributed by atoms with Gasteiger partial charge in [-0.15, -0.1) is 0 Å². The molecule has 1 N–H and O–H groups in total. The van der Waals surface area contributed by atoms with Gasteiger partial charge in [-0.25, -0.2) is 0 Å². The number of benzene rings is 2. The molecule has 184 valence electrons. The van der Waals surface area contributed by atoms with Crippen molar-refractivity contribution < 1.29 is 24.3 Å². The van der Waals surface area contributed by atoms with E-state index < -0.39 is 35.7 Å². The van der Waals surface area contributed by atoms with Gasteiger partial charge in [-0.3, -0.25) is 29.0 Å². The lowest BCUT2D eigenvalue weighted by molar-refractivity contribution is 0.0439. The first kappa shape index (κ1) is 24.7. The Kier molecular flexibility index (Phi) is 6.55. The Labute approximate surface area is 203 Å². The number of carbonyl (C=O) groups excluding carboxylic acids is 4. The van der Waals surface area contributed by atoms with E-state index in [1.165, 1.54) is 24.3 Å². The second kappa shape index (κ2) is 9.30. The minimum atomic E-state index is -0.692. The summed E-state index contributed by atoms with van der Waals surface area (Å²) in [5.41, 5.74) is 0.832. The first-order chi connectivity index (χ1) is 16.6. The minimum absolute atomic E-state index is 0.116.